The van der Waals surface area contributed by atoms with Crippen LogP contribution in [-0.2, 0) is 6.54 Å². The number of hydrogen-bond donors (Lipinski definition) is 0. The van der Waals surface area contributed by atoms with Crippen molar-refractivity contribution in [3.63, 3.8) is 0 Å². The molecule has 0 bridgehead atoms. The number of benzene rings is 2. The van der Waals surface area contributed by atoms with Gasteiger partial charge in [0.25, 0.3) is 5.56 Å². The Kier molecular flexibility index (Phi) is 4.22. The van der Waals surface area contributed by atoms with Gasteiger partial charge in [-0.05, 0) is 42.0 Å². The van der Waals surface area contributed by atoms with Crippen LogP contribution in [0.15, 0.2) is 68.6 Å². The Labute approximate surface area is 159 Å². The predicted octanol–water partition coefficient (Wildman–Crippen LogP) is 3.55. The molecule has 8 heteroatoms. The summed E-state index contributed by atoms with van der Waals surface area (Å²) in [6.45, 7) is 0.431. The van der Waals surface area contributed by atoms with Crippen LogP contribution < -0.4 is 5.56 Å². The average molecular weight is 461 g/mol. The summed E-state index contributed by atoms with van der Waals surface area (Å²) in [5.74, 6) is 0. The third-order valence-corrected chi connectivity index (χ3v) is 4.82. The van der Waals surface area contributed by atoms with E-state index in [-0.39, 0.29) is 11.1 Å². The molecule has 0 fully saturated rings. The van der Waals surface area contributed by atoms with Gasteiger partial charge in [-0.1, -0.05) is 49.2 Å². The van der Waals surface area contributed by atoms with Gasteiger partial charge in [0.05, 0.1) is 12.2 Å². The summed E-state index contributed by atoms with van der Waals surface area (Å²) < 4.78 is 5.05. The maximum absolute atomic E-state index is 12.7. The quantitative estimate of drug-likeness (QED) is 0.469. The lowest BCUT2D eigenvalue weighted by molar-refractivity contribution is 0.745. The minimum absolute atomic E-state index is 0.212. The zero-order chi connectivity index (χ0) is 17.4. The Morgan fingerprint density at radius 2 is 1.56 bits per heavy atom. The van der Waals surface area contributed by atoms with Gasteiger partial charge in [-0.25, -0.2) is 4.98 Å². The molecule has 0 spiro atoms. The molecule has 2 aromatic carbocycles. The standard InChI is InChI=1S/C17H11Br2N5O/c18-12-3-1-11(2-4-12)9-23-10-20-16-15(17(23)25)21-22-24(16)14-7-5-13(19)6-8-14/h1-8,10H,9H2. The van der Waals surface area contributed by atoms with Crippen LogP contribution in [0.25, 0.3) is 16.9 Å². The second kappa shape index (κ2) is 6.53. The molecule has 0 N–H and O–H groups in total. The molecule has 124 valence electrons. The molecule has 4 rings (SSSR count). The van der Waals surface area contributed by atoms with Gasteiger partial charge in [-0.3, -0.25) is 9.36 Å². The van der Waals surface area contributed by atoms with Crippen LogP contribution in [0, 0.1) is 0 Å². The molecule has 0 aliphatic rings. The molecule has 0 aliphatic heterocycles. The fourth-order valence-corrected chi connectivity index (χ4v) is 3.03. The Bertz CT molecular complexity index is 1100. The van der Waals surface area contributed by atoms with Crippen molar-refractivity contribution in [2.24, 2.45) is 0 Å². The van der Waals surface area contributed by atoms with Crippen LogP contribution >= 0.6 is 31.9 Å². The van der Waals surface area contributed by atoms with E-state index in [9.17, 15) is 4.79 Å². The molecule has 0 saturated carbocycles. The largest absolute Gasteiger partial charge is 0.293 e. The molecule has 25 heavy (non-hydrogen) atoms. The highest BCUT2D eigenvalue weighted by atomic mass is 79.9. The minimum Gasteiger partial charge on any atom is -0.293 e. The molecule has 0 aliphatic carbocycles. The van der Waals surface area contributed by atoms with Gasteiger partial charge < -0.3 is 0 Å². The molecule has 6 nitrogen and oxygen atoms in total. The summed E-state index contributed by atoms with van der Waals surface area (Å²) in [4.78, 5) is 17.1. The first kappa shape index (κ1) is 16.2. The van der Waals surface area contributed by atoms with E-state index in [0.29, 0.717) is 12.2 Å². The highest BCUT2D eigenvalue weighted by Gasteiger charge is 2.13. The first-order chi connectivity index (χ1) is 12.1. The van der Waals surface area contributed by atoms with Crippen LogP contribution in [0.2, 0.25) is 0 Å². The summed E-state index contributed by atoms with van der Waals surface area (Å²) in [5, 5.41) is 8.12. The van der Waals surface area contributed by atoms with E-state index in [4.69, 9.17) is 0 Å². The fourth-order valence-electron chi connectivity index (χ4n) is 2.50. The van der Waals surface area contributed by atoms with Gasteiger partial charge in [0.15, 0.2) is 11.2 Å². The van der Waals surface area contributed by atoms with Crippen molar-refractivity contribution in [2.45, 2.75) is 6.54 Å². The van der Waals surface area contributed by atoms with Crippen LogP contribution in [0.3, 0.4) is 0 Å². The van der Waals surface area contributed by atoms with E-state index in [1.165, 1.54) is 10.9 Å². The summed E-state index contributed by atoms with van der Waals surface area (Å²) in [5.41, 5.74) is 2.29. The third kappa shape index (κ3) is 3.14. The minimum atomic E-state index is -0.212. The monoisotopic (exact) mass is 459 g/mol. The van der Waals surface area contributed by atoms with Crippen molar-refractivity contribution in [3.05, 3.63) is 79.7 Å². The van der Waals surface area contributed by atoms with Crippen molar-refractivity contribution in [1.29, 1.82) is 0 Å². The highest BCUT2D eigenvalue weighted by molar-refractivity contribution is 9.10. The van der Waals surface area contributed by atoms with E-state index in [1.807, 2.05) is 48.5 Å². The zero-order valence-corrected chi connectivity index (χ0v) is 16.0. The number of fused-ring (bicyclic) bond motifs is 1. The first-order valence-electron chi connectivity index (χ1n) is 7.43. The molecule has 0 atom stereocenters. The first-order valence-corrected chi connectivity index (χ1v) is 9.02. The summed E-state index contributed by atoms with van der Waals surface area (Å²) >= 11 is 6.80. The lowest BCUT2D eigenvalue weighted by Gasteiger charge is -2.06. The molecular weight excluding hydrogens is 450 g/mol. The lowest BCUT2D eigenvalue weighted by atomic mass is 10.2. The van der Waals surface area contributed by atoms with Gasteiger partial charge in [-0.2, -0.15) is 4.68 Å². The number of halogens is 2. The Hall–Kier alpha value is -2.32. The van der Waals surface area contributed by atoms with Crippen molar-refractivity contribution >= 4 is 43.0 Å². The maximum Gasteiger partial charge on any atom is 0.283 e. The normalized spacial score (nSPS) is 11.1. The van der Waals surface area contributed by atoms with Gasteiger partial charge in [0.1, 0.15) is 6.33 Å². The molecular formula is C17H11Br2N5O. The summed E-state index contributed by atoms with van der Waals surface area (Å²) in [6.07, 6.45) is 1.53. The van der Waals surface area contributed by atoms with E-state index < -0.39 is 0 Å². The molecule has 2 heterocycles. The summed E-state index contributed by atoms with van der Waals surface area (Å²) in [7, 11) is 0. The SMILES string of the molecule is O=c1c2nnn(-c3ccc(Br)cc3)c2ncn1Cc1ccc(Br)cc1. The third-order valence-electron chi connectivity index (χ3n) is 3.77. The summed E-state index contributed by atoms with van der Waals surface area (Å²) in [6, 6.07) is 15.4. The van der Waals surface area contributed by atoms with E-state index in [2.05, 4.69) is 47.2 Å². The van der Waals surface area contributed by atoms with Crippen LogP contribution in [0.5, 0.6) is 0 Å². The second-order valence-electron chi connectivity index (χ2n) is 5.45. The van der Waals surface area contributed by atoms with E-state index in [1.54, 1.807) is 4.68 Å². The molecule has 0 amide bonds. The molecule has 0 unspecified atom stereocenters. The molecule has 0 radical (unpaired) electrons. The van der Waals surface area contributed by atoms with Crippen LogP contribution in [-0.4, -0.2) is 24.5 Å². The van der Waals surface area contributed by atoms with E-state index in [0.717, 1.165) is 20.2 Å². The van der Waals surface area contributed by atoms with Crippen molar-refractivity contribution in [1.82, 2.24) is 24.5 Å². The fraction of sp³-hybridized carbons (Fsp3) is 0.0588. The van der Waals surface area contributed by atoms with E-state index >= 15 is 0 Å². The van der Waals surface area contributed by atoms with Gasteiger partial charge in [0, 0.05) is 8.95 Å². The van der Waals surface area contributed by atoms with Crippen molar-refractivity contribution in [2.75, 3.05) is 0 Å². The highest BCUT2D eigenvalue weighted by Crippen LogP contribution is 2.16. The number of nitrogens with zero attached hydrogens (tertiary/aromatic N) is 5. The average Bonchev–Trinajstić information content (AvgIpc) is 3.05. The second-order valence-corrected chi connectivity index (χ2v) is 7.29. The van der Waals surface area contributed by atoms with Crippen molar-refractivity contribution in [3.8, 4) is 5.69 Å². The number of rotatable bonds is 3. The number of hydrogen-bond acceptors (Lipinski definition) is 4. The molecule has 4 aromatic rings. The van der Waals surface area contributed by atoms with Crippen molar-refractivity contribution < 1.29 is 0 Å². The lowest BCUT2D eigenvalue weighted by Crippen LogP contribution is -2.21. The zero-order valence-electron chi connectivity index (χ0n) is 12.8. The predicted molar refractivity (Wildman–Crippen MR) is 102 cm³/mol. The van der Waals surface area contributed by atoms with Gasteiger partial charge in [0.2, 0.25) is 0 Å². The molecule has 2 aromatic heterocycles. The Morgan fingerprint density at radius 1 is 0.920 bits per heavy atom. The smallest absolute Gasteiger partial charge is 0.283 e. The Morgan fingerprint density at radius 3 is 2.24 bits per heavy atom. The Balaban J connectivity index is 1.75. The number of aromatic nitrogens is 5. The van der Waals surface area contributed by atoms with Gasteiger partial charge in [-0.15, -0.1) is 5.10 Å². The van der Waals surface area contributed by atoms with Crippen LogP contribution in [0.4, 0.5) is 0 Å². The topological polar surface area (TPSA) is 65.6 Å². The van der Waals surface area contributed by atoms with Crippen LogP contribution in [0.1, 0.15) is 5.56 Å². The molecule has 0 saturated heterocycles. The maximum atomic E-state index is 12.7. The van der Waals surface area contributed by atoms with Gasteiger partial charge >= 0.3 is 0 Å².